The van der Waals surface area contributed by atoms with E-state index >= 15 is 0 Å². The van der Waals surface area contributed by atoms with E-state index in [1.165, 1.54) is 0 Å². The summed E-state index contributed by atoms with van der Waals surface area (Å²) in [7, 11) is 0. The number of aromatic nitrogens is 2. The first-order valence-corrected chi connectivity index (χ1v) is 4.70. The maximum Gasteiger partial charge on any atom is 0.130 e. The molecule has 74 valence electrons. The van der Waals surface area contributed by atoms with Gasteiger partial charge in [0.25, 0.3) is 0 Å². The van der Waals surface area contributed by atoms with Crippen molar-refractivity contribution in [3.8, 4) is 0 Å². The van der Waals surface area contributed by atoms with Crippen LogP contribution >= 0.6 is 0 Å². The maximum absolute atomic E-state index is 9.86. The first kappa shape index (κ1) is 8.08. The second-order valence-electron chi connectivity index (χ2n) is 3.93. The Hall–Kier alpha value is -1.26. The molecular weight excluding hydrogens is 180 g/mol. The van der Waals surface area contributed by atoms with E-state index in [2.05, 4.69) is 5.10 Å². The van der Waals surface area contributed by atoms with E-state index in [9.17, 15) is 5.11 Å². The number of nitrogens with zero attached hydrogens (tertiary/aromatic N) is 1. The number of ether oxygens (including phenoxy) is 1. The van der Waals surface area contributed by atoms with Gasteiger partial charge in [0.2, 0.25) is 0 Å². The quantitative estimate of drug-likeness (QED) is 0.737. The molecule has 0 radical (unpaired) electrons. The molecule has 1 fully saturated rings. The van der Waals surface area contributed by atoms with Crippen molar-refractivity contribution in [3.05, 3.63) is 24.3 Å². The molecule has 2 heterocycles. The number of aliphatic hydroxyl groups is 1. The summed E-state index contributed by atoms with van der Waals surface area (Å²) in [6.45, 7) is 1.46. The third kappa shape index (κ3) is 1.08. The second kappa shape index (κ2) is 2.62. The Morgan fingerprint density at radius 1 is 1.43 bits per heavy atom. The normalized spacial score (nSPS) is 19.8. The van der Waals surface area contributed by atoms with E-state index in [0.717, 1.165) is 11.0 Å². The lowest BCUT2D eigenvalue weighted by Gasteiger charge is -2.37. The Morgan fingerprint density at radius 2 is 2.21 bits per heavy atom. The lowest BCUT2D eigenvalue weighted by Crippen LogP contribution is -2.53. The van der Waals surface area contributed by atoms with E-state index in [-0.39, 0.29) is 0 Å². The summed E-state index contributed by atoms with van der Waals surface area (Å²) in [5.41, 5.74) is 1.60. The fourth-order valence-corrected chi connectivity index (χ4v) is 1.80. The summed E-state index contributed by atoms with van der Waals surface area (Å²) in [5.74, 6) is 0. The highest BCUT2D eigenvalue weighted by Gasteiger charge is 2.37. The first-order chi connectivity index (χ1) is 6.77. The van der Waals surface area contributed by atoms with Crippen LogP contribution in [0.15, 0.2) is 24.3 Å². The highest BCUT2D eigenvalue weighted by molar-refractivity contribution is 5.76. The van der Waals surface area contributed by atoms with E-state index in [4.69, 9.17) is 4.74 Å². The lowest BCUT2D eigenvalue weighted by atomic mass is 10.0. The molecule has 1 saturated heterocycles. The third-order valence-electron chi connectivity index (χ3n) is 2.64. The van der Waals surface area contributed by atoms with Crippen LogP contribution in [0.2, 0.25) is 0 Å². The van der Waals surface area contributed by atoms with Crippen molar-refractivity contribution in [2.45, 2.75) is 12.1 Å². The van der Waals surface area contributed by atoms with Crippen molar-refractivity contribution >= 4 is 11.0 Å². The number of benzene rings is 1. The van der Waals surface area contributed by atoms with Gasteiger partial charge in [0.05, 0.1) is 30.8 Å². The molecule has 3 rings (SSSR count). The molecule has 1 aromatic heterocycles. The summed E-state index contributed by atoms with van der Waals surface area (Å²) in [6, 6.07) is 8.04. The Bertz CT molecular complexity index is 453. The fourth-order valence-electron chi connectivity index (χ4n) is 1.80. The van der Waals surface area contributed by atoms with E-state index in [1.54, 1.807) is 0 Å². The molecule has 0 amide bonds. The van der Waals surface area contributed by atoms with Crippen molar-refractivity contribution in [3.63, 3.8) is 0 Å². The molecule has 14 heavy (non-hydrogen) atoms. The minimum absolute atomic E-state index is 0.438. The van der Waals surface area contributed by atoms with Gasteiger partial charge in [-0.25, -0.2) is 0 Å². The van der Waals surface area contributed by atoms with Crippen LogP contribution in [0, 0.1) is 0 Å². The molecule has 0 aliphatic carbocycles. The maximum atomic E-state index is 9.86. The second-order valence-corrected chi connectivity index (χ2v) is 3.93. The van der Waals surface area contributed by atoms with E-state index in [1.807, 2.05) is 28.9 Å². The summed E-state index contributed by atoms with van der Waals surface area (Å²) in [4.78, 5) is 0. The minimum atomic E-state index is -0.666. The zero-order valence-electron chi connectivity index (χ0n) is 7.73. The standard InChI is InChI=1S/C10H12N2O2/c13-10(6-14-7-10)5-12-9-4-2-1-3-8(9)11-12/h1-4,11,13H,5-7H2. The molecule has 0 spiro atoms. The van der Waals surface area contributed by atoms with Crippen molar-refractivity contribution in [1.82, 2.24) is 9.78 Å². The Balaban J connectivity index is 1.87. The SMILES string of the molecule is OC1(Cn2[nH]c3ccccc32)COC1. The van der Waals surface area contributed by atoms with Crippen LogP contribution < -0.4 is 0 Å². The summed E-state index contributed by atoms with van der Waals surface area (Å²) in [5, 5.41) is 13.0. The molecule has 0 atom stereocenters. The van der Waals surface area contributed by atoms with Crippen LogP contribution in [0.1, 0.15) is 0 Å². The van der Waals surface area contributed by atoms with Gasteiger partial charge < -0.3 is 9.84 Å². The predicted molar refractivity (Wildman–Crippen MR) is 52.1 cm³/mol. The van der Waals surface area contributed by atoms with Crippen LogP contribution in [0.4, 0.5) is 0 Å². The van der Waals surface area contributed by atoms with E-state index in [0.29, 0.717) is 19.8 Å². The van der Waals surface area contributed by atoms with Crippen molar-refractivity contribution in [1.29, 1.82) is 0 Å². The van der Waals surface area contributed by atoms with Crippen LogP contribution in [-0.2, 0) is 11.3 Å². The average molecular weight is 192 g/mol. The molecule has 0 saturated carbocycles. The van der Waals surface area contributed by atoms with Crippen LogP contribution in [0.3, 0.4) is 0 Å². The smallest absolute Gasteiger partial charge is 0.130 e. The monoisotopic (exact) mass is 192 g/mol. The number of fused-ring (bicyclic) bond motifs is 1. The molecule has 1 aromatic carbocycles. The van der Waals surface area contributed by atoms with Gasteiger partial charge >= 0.3 is 0 Å². The molecule has 1 aliphatic heterocycles. The van der Waals surface area contributed by atoms with Gasteiger partial charge in [-0.3, -0.25) is 9.78 Å². The minimum Gasteiger partial charge on any atom is -0.383 e. The number of aromatic amines is 1. The zero-order valence-corrected chi connectivity index (χ0v) is 7.73. The van der Waals surface area contributed by atoms with Gasteiger partial charge in [-0.15, -0.1) is 0 Å². The highest BCUT2D eigenvalue weighted by Crippen LogP contribution is 2.22. The average Bonchev–Trinajstić information content (AvgIpc) is 2.11. The molecule has 0 unspecified atom stereocenters. The van der Waals surface area contributed by atoms with Gasteiger partial charge in [-0.2, -0.15) is 0 Å². The number of para-hydroxylation sites is 2. The van der Waals surface area contributed by atoms with E-state index < -0.39 is 5.60 Å². The Labute approximate surface area is 81.1 Å². The fraction of sp³-hybridized carbons (Fsp3) is 0.400. The molecule has 2 N–H and O–H groups in total. The van der Waals surface area contributed by atoms with Crippen molar-refractivity contribution in [2.75, 3.05) is 13.2 Å². The molecular formula is C10H12N2O2. The van der Waals surface area contributed by atoms with Gasteiger partial charge in [-0.05, 0) is 12.1 Å². The largest absolute Gasteiger partial charge is 0.383 e. The molecule has 2 aromatic rings. The van der Waals surface area contributed by atoms with Gasteiger partial charge in [0.1, 0.15) is 5.60 Å². The lowest BCUT2D eigenvalue weighted by molar-refractivity contribution is -0.186. The van der Waals surface area contributed by atoms with Crippen molar-refractivity contribution < 1.29 is 9.84 Å². The van der Waals surface area contributed by atoms with Crippen LogP contribution in [0.5, 0.6) is 0 Å². The first-order valence-electron chi connectivity index (χ1n) is 4.70. The molecule has 4 heteroatoms. The van der Waals surface area contributed by atoms with Crippen LogP contribution in [-0.4, -0.2) is 33.7 Å². The number of hydrogen-bond donors (Lipinski definition) is 2. The van der Waals surface area contributed by atoms with Gasteiger partial charge in [0, 0.05) is 0 Å². The third-order valence-corrected chi connectivity index (χ3v) is 2.64. The Morgan fingerprint density at radius 3 is 2.86 bits per heavy atom. The van der Waals surface area contributed by atoms with Gasteiger partial charge in [-0.1, -0.05) is 12.1 Å². The predicted octanol–water partition coefficient (Wildman–Crippen LogP) is 0.731. The molecule has 1 aliphatic rings. The number of hydrogen-bond acceptors (Lipinski definition) is 2. The summed E-state index contributed by atoms with van der Waals surface area (Å²) >= 11 is 0. The molecule has 0 bridgehead atoms. The zero-order chi connectivity index (χ0) is 9.60. The van der Waals surface area contributed by atoms with Crippen LogP contribution in [0.25, 0.3) is 11.0 Å². The van der Waals surface area contributed by atoms with Gasteiger partial charge in [0.15, 0.2) is 0 Å². The summed E-state index contributed by atoms with van der Waals surface area (Å²) < 4.78 is 6.95. The van der Waals surface area contributed by atoms with Crippen molar-refractivity contribution in [2.24, 2.45) is 0 Å². The number of H-pyrrole nitrogens is 1. The Kier molecular flexibility index (Phi) is 1.51. The number of nitrogens with one attached hydrogen (secondary N) is 1. The highest BCUT2D eigenvalue weighted by atomic mass is 16.5. The number of rotatable bonds is 2. The molecule has 4 nitrogen and oxygen atoms in total. The topological polar surface area (TPSA) is 50.2 Å². The summed E-state index contributed by atoms with van der Waals surface area (Å²) in [6.07, 6.45) is 0.